The summed E-state index contributed by atoms with van der Waals surface area (Å²) in [5.74, 6) is 0.315. The molecule has 0 aromatic heterocycles. The Morgan fingerprint density at radius 3 is 2.50 bits per heavy atom. The summed E-state index contributed by atoms with van der Waals surface area (Å²) in [6.07, 6.45) is 4.78. The third kappa shape index (κ3) is 3.04. The van der Waals surface area contributed by atoms with Gasteiger partial charge in [-0.25, -0.2) is 0 Å². The molecule has 0 aromatic rings. The van der Waals surface area contributed by atoms with Crippen molar-refractivity contribution >= 4 is 5.91 Å². The van der Waals surface area contributed by atoms with Crippen LogP contribution in [0.3, 0.4) is 0 Å². The summed E-state index contributed by atoms with van der Waals surface area (Å²) >= 11 is 0. The molecule has 2 rings (SSSR count). The highest BCUT2D eigenvalue weighted by Crippen LogP contribution is 2.23. The molecule has 3 atom stereocenters. The van der Waals surface area contributed by atoms with Crippen molar-refractivity contribution in [2.75, 3.05) is 26.7 Å². The molecule has 18 heavy (non-hydrogen) atoms. The van der Waals surface area contributed by atoms with Crippen LogP contribution in [0.4, 0.5) is 0 Å². The van der Waals surface area contributed by atoms with Crippen molar-refractivity contribution in [1.29, 1.82) is 0 Å². The van der Waals surface area contributed by atoms with Gasteiger partial charge in [0, 0.05) is 31.2 Å². The first-order valence-electron chi connectivity index (χ1n) is 7.32. The van der Waals surface area contributed by atoms with Crippen molar-refractivity contribution in [2.45, 2.75) is 57.7 Å². The molecule has 3 unspecified atom stereocenters. The zero-order valence-corrected chi connectivity index (χ0v) is 12.0. The van der Waals surface area contributed by atoms with E-state index in [1.54, 1.807) is 0 Å². The highest BCUT2D eigenvalue weighted by molar-refractivity contribution is 5.78. The molecule has 2 fully saturated rings. The molecule has 2 saturated heterocycles. The molecular weight excluding hydrogens is 226 g/mol. The van der Waals surface area contributed by atoms with Gasteiger partial charge in [0.1, 0.15) is 0 Å². The number of nitrogens with zero attached hydrogens (tertiary/aromatic N) is 2. The Kier molecular flexibility index (Phi) is 4.62. The lowest BCUT2D eigenvalue weighted by molar-refractivity contribution is -0.134. The molecule has 4 nitrogen and oxygen atoms in total. The maximum absolute atomic E-state index is 12.4. The summed E-state index contributed by atoms with van der Waals surface area (Å²) in [7, 11) is 1.99. The number of hydrogen-bond donors (Lipinski definition) is 1. The van der Waals surface area contributed by atoms with Gasteiger partial charge in [-0.2, -0.15) is 0 Å². The van der Waals surface area contributed by atoms with Gasteiger partial charge in [-0.1, -0.05) is 0 Å². The summed E-state index contributed by atoms with van der Waals surface area (Å²) < 4.78 is 0. The van der Waals surface area contributed by atoms with E-state index in [4.69, 9.17) is 0 Å². The normalized spacial score (nSPS) is 33.9. The van der Waals surface area contributed by atoms with Gasteiger partial charge in [-0.15, -0.1) is 0 Å². The second-order valence-corrected chi connectivity index (χ2v) is 5.92. The average molecular weight is 253 g/mol. The van der Waals surface area contributed by atoms with Crippen LogP contribution in [-0.2, 0) is 4.79 Å². The number of carbonyl (C=O) groups excluding carboxylic acids is 1. The second kappa shape index (κ2) is 6.02. The number of hydrogen-bond acceptors (Lipinski definition) is 3. The van der Waals surface area contributed by atoms with Gasteiger partial charge in [-0.05, 0) is 46.6 Å². The quantitative estimate of drug-likeness (QED) is 0.817. The Hall–Kier alpha value is -0.610. The molecule has 2 aliphatic heterocycles. The highest BCUT2D eigenvalue weighted by Gasteiger charge is 2.31. The van der Waals surface area contributed by atoms with Gasteiger partial charge in [0.25, 0.3) is 0 Å². The monoisotopic (exact) mass is 253 g/mol. The second-order valence-electron chi connectivity index (χ2n) is 5.92. The largest absolute Gasteiger partial charge is 0.340 e. The molecule has 4 heteroatoms. The summed E-state index contributed by atoms with van der Waals surface area (Å²) in [6.45, 7) is 6.91. The lowest BCUT2D eigenvalue weighted by Gasteiger charge is -2.35. The van der Waals surface area contributed by atoms with Crippen molar-refractivity contribution in [3.63, 3.8) is 0 Å². The van der Waals surface area contributed by atoms with Crippen LogP contribution in [0.5, 0.6) is 0 Å². The fraction of sp³-hybridized carbons (Fsp3) is 0.929. The molecule has 0 aliphatic carbocycles. The molecule has 2 aliphatic rings. The Morgan fingerprint density at radius 1 is 1.22 bits per heavy atom. The van der Waals surface area contributed by atoms with Gasteiger partial charge < -0.3 is 10.2 Å². The summed E-state index contributed by atoms with van der Waals surface area (Å²) in [5, 5.41) is 3.29. The van der Waals surface area contributed by atoms with Gasteiger partial charge in [0.2, 0.25) is 5.91 Å². The van der Waals surface area contributed by atoms with E-state index in [2.05, 4.69) is 24.1 Å². The molecule has 0 aromatic carbocycles. The molecule has 0 saturated carbocycles. The van der Waals surface area contributed by atoms with E-state index in [0.717, 1.165) is 19.5 Å². The van der Waals surface area contributed by atoms with Crippen LogP contribution in [0.1, 0.15) is 39.5 Å². The number of likely N-dealkylation sites (N-methyl/N-ethyl adjacent to an activating group) is 1. The fourth-order valence-electron chi connectivity index (χ4n) is 3.26. The number of likely N-dealkylation sites (tertiary alicyclic amines) is 2. The van der Waals surface area contributed by atoms with E-state index in [1.807, 2.05) is 11.9 Å². The van der Waals surface area contributed by atoms with Crippen molar-refractivity contribution < 1.29 is 4.79 Å². The standard InChI is InChI=1S/C14H27N3O/c1-11-6-7-12(2)17(11)10-14(18)16-8-4-5-13(9-16)15-3/h11-13,15H,4-10H2,1-3H3. The molecule has 2 heterocycles. The minimum absolute atomic E-state index is 0.315. The van der Waals surface area contributed by atoms with Gasteiger partial charge in [0.05, 0.1) is 6.54 Å². The number of rotatable bonds is 3. The number of amides is 1. The van der Waals surface area contributed by atoms with E-state index < -0.39 is 0 Å². The number of carbonyl (C=O) groups is 1. The molecule has 1 amide bonds. The molecule has 1 N–H and O–H groups in total. The van der Waals surface area contributed by atoms with Crippen molar-refractivity contribution in [1.82, 2.24) is 15.1 Å². The zero-order chi connectivity index (χ0) is 13.1. The van der Waals surface area contributed by atoms with Crippen molar-refractivity contribution in [3.05, 3.63) is 0 Å². The smallest absolute Gasteiger partial charge is 0.236 e. The number of nitrogens with one attached hydrogen (secondary N) is 1. The first-order chi connectivity index (χ1) is 8.61. The van der Waals surface area contributed by atoms with Crippen LogP contribution < -0.4 is 5.32 Å². The third-order valence-electron chi connectivity index (χ3n) is 4.63. The van der Waals surface area contributed by atoms with Crippen LogP contribution >= 0.6 is 0 Å². The molecule has 0 bridgehead atoms. The zero-order valence-electron chi connectivity index (χ0n) is 12.0. The van der Waals surface area contributed by atoms with E-state index in [1.165, 1.54) is 19.3 Å². The van der Waals surface area contributed by atoms with E-state index in [0.29, 0.717) is 30.6 Å². The van der Waals surface area contributed by atoms with E-state index in [-0.39, 0.29) is 0 Å². The minimum Gasteiger partial charge on any atom is -0.340 e. The Balaban J connectivity index is 1.87. The first-order valence-corrected chi connectivity index (χ1v) is 7.32. The Morgan fingerprint density at radius 2 is 1.89 bits per heavy atom. The topological polar surface area (TPSA) is 35.6 Å². The van der Waals surface area contributed by atoms with Crippen molar-refractivity contribution in [2.24, 2.45) is 0 Å². The average Bonchev–Trinajstić information content (AvgIpc) is 2.70. The van der Waals surface area contributed by atoms with E-state index in [9.17, 15) is 4.79 Å². The predicted molar refractivity (Wildman–Crippen MR) is 73.5 cm³/mol. The van der Waals surface area contributed by atoms with Crippen LogP contribution in [0.2, 0.25) is 0 Å². The predicted octanol–water partition coefficient (Wildman–Crippen LogP) is 1.07. The lowest BCUT2D eigenvalue weighted by atomic mass is 10.1. The third-order valence-corrected chi connectivity index (χ3v) is 4.63. The summed E-state index contributed by atoms with van der Waals surface area (Å²) in [4.78, 5) is 16.8. The van der Waals surface area contributed by atoms with Gasteiger partial charge >= 0.3 is 0 Å². The summed E-state index contributed by atoms with van der Waals surface area (Å²) in [5.41, 5.74) is 0. The lowest BCUT2D eigenvalue weighted by Crippen LogP contribution is -2.50. The number of piperidine rings is 1. The molecule has 0 spiro atoms. The first kappa shape index (κ1) is 13.8. The molecular formula is C14H27N3O. The minimum atomic E-state index is 0.315. The Labute approximate surface area is 111 Å². The van der Waals surface area contributed by atoms with Gasteiger partial charge in [0.15, 0.2) is 0 Å². The van der Waals surface area contributed by atoms with Crippen LogP contribution in [0.15, 0.2) is 0 Å². The SMILES string of the molecule is CNC1CCCN(C(=O)CN2C(C)CCC2C)C1. The van der Waals surface area contributed by atoms with Crippen LogP contribution in [0, 0.1) is 0 Å². The van der Waals surface area contributed by atoms with Crippen LogP contribution in [-0.4, -0.2) is 60.5 Å². The maximum Gasteiger partial charge on any atom is 0.236 e. The summed E-state index contributed by atoms with van der Waals surface area (Å²) in [6, 6.07) is 1.61. The molecule has 0 radical (unpaired) electrons. The van der Waals surface area contributed by atoms with E-state index >= 15 is 0 Å². The Bertz CT molecular complexity index is 285. The molecule has 104 valence electrons. The van der Waals surface area contributed by atoms with Crippen LogP contribution in [0.25, 0.3) is 0 Å². The van der Waals surface area contributed by atoms with Crippen molar-refractivity contribution in [3.8, 4) is 0 Å². The maximum atomic E-state index is 12.4. The fourth-order valence-corrected chi connectivity index (χ4v) is 3.26. The highest BCUT2D eigenvalue weighted by atomic mass is 16.2. The van der Waals surface area contributed by atoms with Gasteiger partial charge in [-0.3, -0.25) is 9.69 Å².